The Balaban J connectivity index is 1.75. The highest BCUT2D eigenvalue weighted by molar-refractivity contribution is 7.09. The van der Waals surface area contributed by atoms with Crippen LogP contribution in [0.15, 0.2) is 5.38 Å². The van der Waals surface area contributed by atoms with Gasteiger partial charge in [0.1, 0.15) is 5.01 Å². The summed E-state index contributed by atoms with van der Waals surface area (Å²) in [5.41, 5.74) is 7.27. The van der Waals surface area contributed by atoms with Crippen LogP contribution >= 0.6 is 11.3 Å². The lowest BCUT2D eigenvalue weighted by Gasteiger charge is -2.41. The Morgan fingerprint density at radius 1 is 1.56 bits per heavy atom. The van der Waals surface area contributed by atoms with Crippen molar-refractivity contribution >= 4 is 11.3 Å². The number of nitrogens with two attached hydrogens (primary N) is 1. The molecule has 1 aliphatic rings. The third-order valence-corrected chi connectivity index (χ3v) is 4.66. The lowest BCUT2D eigenvalue weighted by Crippen LogP contribution is -2.39. The molecule has 4 heteroatoms. The van der Waals surface area contributed by atoms with Gasteiger partial charge in [-0.2, -0.15) is 0 Å². The summed E-state index contributed by atoms with van der Waals surface area (Å²) in [4.78, 5) is 4.45. The first-order valence-electron chi connectivity index (χ1n) is 6.12. The number of hydrogen-bond acceptors (Lipinski definition) is 4. The second-order valence-corrected chi connectivity index (χ2v) is 5.69. The van der Waals surface area contributed by atoms with Gasteiger partial charge in [-0.3, -0.25) is 0 Å². The molecule has 1 aromatic rings. The van der Waals surface area contributed by atoms with Crippen LogP contribution in [0.25, 0.3) is 0 Å². The molecular formula is C12H21N3S. The van der Waals surface area contributed by atoms with Crippen LogP contribution in [0, 0.1) is 5.41 Å². The topological polar surface area (TPSA) is 50.9 Å². The van der Waals surface area contributed by atoms with Gasteiger partial charge in [0.2, 0.25) is 0 Å². The van der Waals surface area contributed by atoms with Gasteiger partial charge in [0.15, 0.2) is 0 Å². The monoisotopic (exact) mass is 239 g/mol. The molecule has 0 aliphatic heterocycles. The first-order valence-corrected chi connectivity index (χ1v) is 7.00. The van der Waals surface area contributed by atoms with Crippen molar-refractivity contribution in [3.8, 4) is 0 Å². The minimum atomic E-state index is 0.559. The number of hydrogen-bond donors (Lipinski definition) is 2. The van der Waals surface area contributed by atoms with E-state index in [1.54, 1.807) is 11.3 Å². The molecule has 1 aromatic heterocycles. The molecule has 0 radical (unpaired) electrons. The molecule has 3 nitrogen and oxygen atoms in total. The standard InChI is InChI=1S/C12H21N3S/c1-2-12(4-3-5-12)9-14-7-10-8-16-11(6-13)15-10/h8,14H,2-7,9,13H2,1H3. The summed E-state index contributed by atoms with van der Waals surface area (Å²) in [6.07, 6.45) is 5.48. The number of rotatable bonds is 6. The molecule has 0 bridgehead atoms. The average Bonchev–Trinajstić information content (AvgIpc) is 2.70. The van der Waals surface area contributed by atoms with Gasteiger partial charge < -0.3 is 11.1 Å². The van der Waals surface area contributed by atoms with Crippen molar-refractivity contribution in [1.29, 1.82) is 0 Å². The first-order chi connectivity index (χ1) is 7.78. The molecule has 0 spiro atoms. The Kier molecular flexibility index (Phi) is 3.95. The highest BCUT2D eigenvalue weighted by atomic mass is 32.1. The van der Waals surface area contributed by atoms with Crippen molar-refractivity contribution in [2.45, 2.75) is 45.7 Å². The highest BCUT2D eigenvalue weighted by Gasteiger charge is 2.34. The fourth-order valence-corrected chi connectivity index (χ4v) is 2.99. The van der Waals surface area contributed by atoms with Crippen molar-refractivity contribution in [2.24, 2.45) is 11.1 Å². The van der Waals surface area contributed by atoms with E-state index in [1.165, 1.54) is 25.7 Å². The van der Waals surface area contributed by atoms with Crippen molar-refractivity contribution in [3.05, 3.63) is 16.1 Å². The highest BCUT2D eigenvalue weighted by Crippen LogP contribution is 2.43. The molecule has 2 rings (SSSR count). The summed E-state index contributed by atoms with van der Waals surface area (Å²) in [5.74, 6) is 0. The molecule has 3 N–H and O–H groups in total. The summed E-state index contributed by atoms with van der Waals surface area (Å²) in [5, 5.41) is 6.67. The first kappa shape index (κ1) is 12.0. The largest absolute Gasteiger partial charge is 0.325 e. The van der Waals surface area contributed by atoms with Crippen LogP contribution in [0.2, 0.25) is 0 Å². The zero-order chi connectivity index (χ0) is 11.4. The normalized spacial score (nSPS) is 18.4. The van der Waals surface area contributed by atoms with Crippen molar-refractivity contribution in [2.75, 3.05) is 6.54 Å². The van der Waals surface area contributed by atoms with E-state index in [4.69, 9.17) is 5.73 Å². The number of aromatic nitrogens is 1. The van der Waals surface area contributed by atoms with E-state index in [2.05, 4.69) is 22.6 Å². The van der Waals surface area contributed by atoms with Gasteiger partial charge in [-0.1, -0.05) is 13.3 Å². The Labute approximate surface area is 101 Å². The molecule has 0 unspecified atom stereocenters. The molecule has 1 saturated carbocycles. The van der Waals surface area contributed by atoms with Crippen LogP contribution in [0.3, 0.4) is 0 Å². The van der Waals surface area contributed by atoms with Crippen LogP contribution in [-0.2, 0) is 13.1 Å². The van der Waals surface area contributed by atoms with E-state index in [0.29, 0.717) is 12.0 Å². The fraction of sp³-hybridized carbons (Fsp3) is 0.750. The van der Waals surface area contributed by atoms with Gasteiger partial charge in [-0.15, -0.1) is 11.3 Å². The lowest BCUT2D eigenvalue weighted by atomic mass is 9.67. The maximum Gasteiger partial charge on any atom is 0.106 e. The smallest absolute Gasteiger partial charge is 0.106 e. The van der Waals surface area contributed by atoms with Gasteiger partial charge in [0.25, 0.3) is 0 Å². The van der Waals surface area contributed by atoms with E-state index in [0.717, 1.165) is 23.8 Å². The van der Waals surface area contributed by atoms with Crippen molar-refractivity contribution < 1.29 is 0 Å². The van der Waals surface area contributed by atoms with Crippen molar-refractivity contribution in [3.63, 3.8) is 0 Å². The Morgan fingerprint density at radius 3 is 2.88 bits per heavy atom. The van der Waals surface area contributed by atoms with Gasteiger partial charge in [-0.25, -0.2) is 4.98 Å². The molecule has 16 heavy (non-hydrogen) atoms. The summed E-state index contributed by atoms with van der Waals surface area (Å²) < 4.78 is 0. The molecule has 0 saturated heterocycles. The van der Waals surface area contributed by atoms with Crippen LogP contribution in [0.4, 0.5) is 0 Å². The van der Waals surface area contributed by atoms with Crippen LogP contribution in [-0.4, -0.2) is 11.5 Å². The van der Waals surface area contributed by atoms with Gasteiger partial charge in [0.05, 0.1) is 5.69 Å². The van der Waals surface area contributed by atoms with E-state index < -0.39 is 0 Å². The molecule has 0 aromatic carbocycles. The minimum absolute atomic E-state index is 0.559. The number of thiazole rings is 1. The van der Waals surface area contributed by atoms with Gasteiger partial charge >= 0.3 is 0 Å². The van der Waals surface area contributed by atoms with Crippen LogP contribution in [0.1, 0.15) is 43.3 Å². The lowest BCUT2D eigenvalue weighted by molar-refractivity contribution is 0.123. The summed E-state index contributed by atoms with van der Waals surface area (Å²) in [7, 11) is 0. The minimum Gasteiger partial charge on any atom is -0.325 e. The Bertz CT molecular complexity index is 325. The fourth-order valence-electron chi connectivity index (χ4n) is 2.31. The SMILES string of the molecule is CCC1(CNCc2csc(CN)n2)CCC1. The molecule has 0 amide bonds. The molecule has 90 valence electrons. The van der Waals surface area contributed by atoms with E-state index >= 15 is 0 Å². The summed E-state index contributed by atoms with van der Waals surface area (Å²) in [6, 6.07) is 0. The van der Waals surface area contributed by atoms with Crippen LogP contribution < -0.4 is 11.1 Å². The van der Waals surface area contributed by atoms with E-state index in [1.807, 2.05) is 0 Å². The number of nitrogens with one attached hydrogen (secondary N) is 1. The van der Waals surface area contributed by atoms with Crippen LogP contribution in [0.5, 0.6) is 0 Å². The predicted octanol–water partition coefficient (Wildman–Crippen LogP) is 2.27. The predicted molar refractivity (Wildman–Crippen MR) is 68.3 cm³/mol. The zero-order valence-electron chi connectivity index (χ0n) is 9.96. The maximum absolute atomic E-state index is 5.54. The molecule has 0 atom stereocenters. The molecule has 1 heterocycles. The molecule has 1 aliphatic carbocycles. The maximum atomic E-state index is 5.54. The van der Waals surface area contributed by atoms with E-state index in [9.17, 15) is 0 Å². The average molecular weight is 239 g/mol. The van der Waals surface area contributed by atoms with Gasteiger partial charge in [-0.05, 0) is 24.7 Å². The zero-order valence-corrected chi connectivity index (χ0v) is 10.8. The van der Waals surface area contributed by atoms with E-state index in [-0.39, 0.29) is 0 Å². The third kappa shape index (κ3) is 2.62. The Hall–Kier alpha value is -0.450. The van der Waals surface area contributed by atoms with Crippen molar-refractivity contribution in [1.82, 2.24) is 10.3 Å². The second-order valence-electron chi connectivity index (χ2n) is 4.75. The summed E-state index contributed by atoms with van der Waals surface area (Å²) in [6.45, 7) is 4.89. The molecular weight excluding hydrogens is 218 g/mol. The number of nitrogens with zero attached hydrogens (tertiary/aromatic N) is 1. The Morgan fingerprint density at radius 2 is 2.38 bits per heavy atom. The molecule has 1 fully saturated rings. The second kappa shape index (κ2) is 5.25. The van der Waals surface area contributed by atoms with Gasteiger partial charge in [0, 0.05) is 25.0 Å². The third-order valence-electron chi connectivity index (χ3n) is 3.74. The quantitative estimate of drug-likeness (QED) is 0.800. The summed E-state index contributed by atoms with van der Waals surface area (Å²) >= 11 is 1.66.